The molecule has 2 aliphatic rings. The van der Waals surface area contributed by atoms with Crippen LogP contribution in [-0.4, -0.2) is 48.9 Å². The molecule has 3 aromatic rings. The van der Waals surface area contributed by atoms with E-state index in [0.717, 1.165) is 37.8 Å². The normalized spacial score (nSPS) is 19.6. The number of carbonyl (C=O) groups is 1. The van der Waals surface area contributed by atoms with Crippen molar-refractivity contribution in [1.29, 1.82) is 0 Å². The molecule has 5 rings (SSSR count). The molecule has 1 amide bonds. The zero-order chi connectivity index (χ0) is 20.0. The Morgan fingerprint density at radius 2 is 2.07 bits per heavy atom. The van der Waals surface area contributed by atoms with Crippen molar-refractivity contribution in [2.45, 2.75) is 38.1 Å². The average molecular weight is 413 g/mol. The fraction of sp³-hybridized carbons (Fsp3) is 0.450. The summed E-state index contributed by atoms with van der Waals surface area (Å²) in [6.07, 6.45) is 3.78. The molecule has 1 aromatic carbocycles. The lowest BCUT2D eigenvalue weighted by atomic mass is 9.96. The minimum absolute atomic E-state index is 0.00668. The fourth-order valence-electron chi connectivity index (χ4n) is 3.96. The number of amides is 1. The summed E-state index contributed by atoms with van der Waals surface area (Å²) in [6.45, 7) is 1.75. The van der Waals surface area contributed by atoms with Crippen molar-refractivity contribution in [2.24, 2.45) is 5.92 Å². The van der Waals surface area contributed by atoms with Crippen molar-refractivity contribution >= 4 is 28.7 Å². The van der Waals surface area contributed by atoms with Gasteiger partial charge in [-0.05, 0) is 37.3 Å². The summed E-state index contributed by atoms with van der Waals surface area (Å²) in [5, 5.41) is 8.75. The number of aromatic amines is 1. The zero-order valence-electron chi connectivity index (χ0n) is 15.8. The van der Waals surface area contributed by atoms with Gasteiger partial charge in [-0.25, -0.2) is 9.67 Å². The highest BCUT2D eigenvalue weighted by atomic mass is 35.5. The number of aromatic nitrogens is 5. The van der Waals surface area contributed by atoms with E-state index in [4.69, 9.17) is 16.6 Å². The number of H-pyrrole nitrogens is 1. The number of nitrogens with one attached hydrogen (secondary N) is 1. The van der Waals surface area contributed by atoms with Gasteiger partial charge in [-0.3, -0.25) is 9.59 Å². The van der Waals surface area contributed by atoms with E-state index < -0.39 is 0 Å². The summed E-state index contributed by atoms with van der Waals surface area (Å²) in [5.74, 6) is 1.04. The highest BCUT2D eigenvalue weighted by Gasteiger charge is 2.36. The molecule has 0 bridgehead atoms. The Kier molecular flexibility index (Phi) is 4.58. The topological polar surface area (TPSA) is 96.8 Å². The molecule has 29 heavy (non-hydrogen) atoms. The molecule has 8 nitrogen and oxygen atoms in total. The van der Waals surface area contributed by atoms with E-state index >= 15 is 0 Å². The number of nitrogens with zero attached hydrogens (tertiary/aromatic N) is 5. The van der Waals surface area contributed by atoms with Crippen LogP contribution < -0.4 is 5.56 Å². The predicted molar refractivity (Wildman–Crippen MR) is 108 cm³/mol. The largest absolute Gasteiger partial charge is 0.342 e. The molecular formula is C20H21ClN6O2. The van der Waals surface area contributed by atoms with E-state index in [1.807, 2.05) is 29.2 Å². The maximum Gasteiger partial charge on any atom is 0.281 e. The molecule has 9 heteroatoms. The third-order valence-electron chi connectivity index (χ3n) is 5.72. The van der Waals surface area contributed by atoms with Crippen LogP contribution in [0.4, 0.5) is 0 Å². The van der Waals surface area contributed by atoms with Crippen LogP contribution in [0.25, 0.3) is 11.2 Å². The van der Waals surface area contributed by atoms with Crippen molar-refractivity contribution in [3.05, 3.63) is 51.0 Å². The highest BCUT2D eigenvalue weighted by Crippen LogP contribution is 2.33. The number of rotatable bonds is 4. The predicted octanol–water partition coefficient (Wildman–Crippen LogP) is 2.33. The van der Waals surface area contributed by atoms with E-state index in [-0.39, 0.29) is 28.8 Å². The summed E-state index contributed by atoms with van der Waals surface area (Å²) in [4.78, 5) is 34.5. The lowest BCUT2D eigenvalue weighted by Crippen LogP contribution is -2.40. The summed E-state index contributed by atoms with van der Waals surface area (Å²) >= 11 is 6.27. The number of halogens is 1. The van der Waals surface area contributed by atoms with Gasteiger partial charge in [0.25, 0.3) is 5.56 Å². The van der Waals surface area contributed by atoms with Crippen LogP contribution in [-0.2, 0) is 11.3 Å². The van der Waals surface area contributed by atoms with E-state index in [0.29, 0.717) is 29.6 Å². The Morgan fingerprint density at radius 1 is 1.24 bits per heavy atom. The van der Waals surface area contributed by atoms with Crippen LogP contribution in [0.2, 0.25) is 5.02 Å². The first-order valence-electron chi connectivity index (χ1n) is 9.96. The minimum atomic E-state index is -0.305. The number of hydrogen-bond donors (Lipinski definition) is 1. The average Bonchev–Trinajstić information content (AvgIpc) is 3.51. The summed E-state index contributed by atoms with van der Waals surface area (Å²) < 4.78 is 1.60. The summed E-state index contributed by atoms with van der Waals surface area (Å²) in [6, 6.07) is 7.49. The molecule has 1 aliphatic carbocycles. The fourth-order valence-corrected chi connectivity index (χ4v) is 4.16. The molecule has 1 N–H and O–H groups in total. The van der Waals surface area contributed by atoms with Crippen LogP contribution in [0, 0.1) is 5.92 Å². The molecule has 0 radical (unpaired) electrons. The van der Waals surface area contributed by atoms with E-state index in [1.165, 1.54) is 0 Å². The van der Waals surface area contributed by atoms with Crippen LogP contribution in [0.5, 0.6) is 0 Å². The molecule has 2 fully saturated rings. The molecule has 1 saturated heterocycles. The van der Waals surface area contributed by atoms with Gasteiger partial charge >= 0.3 is 0 Å². The smallest absolute Gasteiger partial charge is 0.281 e. The second-order valence-corrected chi connectivity index (χ2v) is 8.27. The second kappa shape index (κ2) is 7.26. The van der Waals surface area contributed by atoms with Crippen LogP contribution in [0.3, 0.4) is 0 Å². The molecule has 1 aliphatic heterocycles. The van der Waals surface area contributed by atoms with Gasteiger partial charge in [-0.2, -0.15) is 0 Å². The Bertz CT molecular complexity index is 1140. The number of carbonyl (C=O) groups excluding carboxylic acids is 1. The van der Waals surface area contributed by atoms with Crippen LogP contribution in [0.1, 0.15) is 43.0 Å². The summed E-state index contributed by atoms with van der Waals surface area (Å²) in [5.41, 5.74) is 1.22. The van der Waals surface area contributed by atoms with E-state index in [2.05, 4.69) is 15.3 Å². The van der Waals surface area contributed by atoms with Gasteiger partial charge in [0, 0.05) is 29.9 Å². The SMILES string of the molecule is O=C(C1CC1)N1CCC[C@H](c2nc3c(nnn3Cc3ccccc3Cl)c(=O)[nH]2)C1. The Labute approximate surface area is 171 Å². The monoisotopic (exact) mass is 412 g/mol. The lowest BCUT2D eigenvalue weighted by Gasteiger charge is -2.32. The first-order chi connectivity index (χ1) is 14.1. The Morgan fingerprint density at radius 3 is 2.86 bits per heavy atom. The van der Waals surface area contributed by atoms with Crippen molar-refractivity contribution < 1.29 is 4.79 Å². The van der Waals surface area contributed by atoms with Gasteiger partial charge in [0.1, 0.15) is 5.82 Å². The first kappa shape index (κ1) is 18.3. The third-order valence-corrected chi connectivity index (χ3v) is 6.09. The van der Waals surface area contributed by atoms with E-state index in [1.54, 1.807) is 4.68 Å². The minimum Gasteiger partial charge on any atom is -0.342 e. The van der Waals surface area contributed by atoms with Gasteiger partial charge in [-0.1, -0.05) is 35.0 Å². The number of benzene rings is 1. The van der Waals surface area contributed by atoms with Gasteiger partial charge < -0.3 is 9.88 Å². The van der Waals surface area contributed by atoms with Crippen molar-refractivity contribution in [1.82, 2.24) is 29.9 Å². The molecule has 2 aromatic heterocycles. The van der Waals surface area contributed by atoms with Crippen LogP contribution >= 0.6 is 11.6 Å². The lowest BCUT2D eigenvalue weighted by molar-refractivity contribution is -0.133. The number of likely N-dealkylation sites (tertiary alicyclic amines) is 1. The highest BCUT2D eigenvalue weighted by molar-refractivity contribution is 6.31. The summed E-state index contributed by atoms with van der Waals surface area (Å²) in [7, 11) is 0. The Balaban J connectivity index is 1.46. The first-order valence-corrected chi connectivity index (χ1v) is 10.3. The molecule has 150 valence electrons. The van der Waals surface area contributed by atoms with Crippen molar-refractivity contribution in [3.63, 3.8) is 0 Å². The van der Waals surface area contributed by atoms with Crippen molar-refractivity contribution in [3.8, 4) is 0 Å². The number of piperidine rings is 1. The Hall–Kier alpha value is -2.74. The quantitative estimate of drug-likeness (QED) is 0.709. The van der Waals surface area contributed by atoms with Gasteiger partial charge in [0.15, 0.2) is 11.2 Å². The van der Waals surface area contributed by atoms with E-state index in [9.17, 15) is 9.59 Å². The number of hydrogen-bond acceptors (Lipinski definition) is 5. The maximum absolute atomic E-state index is 12.6. The molecule has 1 atom stereocenters. The van der Waals surface area contributed by atoms with Gasteiger partial charge in [0.05, 0.1) is 6.54 Å². The van der Waals surface area contributed by atoms with Crippen LogP contribution in [0.15, 0.2) is 29.1 Å². The molecule has 3 heterocycles. The molecule has 0 spiro atoms. The molecular weight excluding hydrogens is 392 g/mol. The van der Waals surface area contributed by atoms with Gasteiger partial charge in [-0.15, -0.1) is 5.10 Å². The van der Waals surface area contributed by atoms with Gasteiger partial charge in [0.2, 0.25) is 5.91 Å². The zero-order valence-corrected chi connectivity index (χ0v) is 16.6. The van der Waals surface area contributed by atoms with Crippen molar-refractivity contribution in [2.75, 3.05) is 13.1 Å². The third kappa shape index (κ3) is 3.53. The number of fused-ring (bicyclic) bond motifs is 1. The second-order valence-electron chi connectivity index (χ2n) is 7.86. The molecule has 0 unspecified atom stereocenters. The maximum atomic E-state index is 12.6. The standard InChI is InChI=1S/C20H21ClN6O2/c21-15-6-2-1-4-13(15)11-27-18-16(24-25-27)19(28)23-17(22-18)14-5-3-9-26(10-14)20(29)12-7-8-12/h1-2,4,6,12,14H,3,5,7-11H2,(H,22,23,28)/t14-/m0/s1. The molecule has 1 saturated carbocycles.